The minimum Gasteiger partial charge on any atom is -0.431 e. The molecule has 0 radical (unpaired) electrons. The van der Waals surface area contributed by atoms with Gasteiger partial charge in [-0.05, 0) is 25.0 Å². The smallest absolute Gasteiger partial charge is 0.257 e. The number of unbranched alkanes of at least 4 members (excludes halogenated alkanes) is 3. The summed E-state index contributed by atoms with van der Waals surface area (Å²) in [6.07, 6.45) is 3.81. The van der Waals surface area contributed by atoms with E-state index in [2.05, 4.69) is 10.3 Å². The normalized spacial score (nSPS) is 10.9. The van der Waals surface area contributed by atoms with Gasteiger partial charge >= 0.3 is 0 Å². The monoisotopic (exact) mass is 308 g/mol. The van der Waals surface area contributed by atoms with Crippen molar-refractivity contribution in [2.75, 3.05) is 18.9 Å². The number of amides is 1. The first-order chi connectivity index (χ1) is 10.3. The van der Waals surface area contributed by atoms with Crippen molar-refractivity contribution < 1.29 is 14.3 Å². The van der Waals surface area contributed by atoms with Gasteiger partial charge in [0.25, 0.3) is 5.22 Å². The van der Waals surface area contributed by atoms with Crippen molar-refractivity contribution in [1.82, 2.24) is 10.3 Å². The summed E-state index contributed by atoms with van der Waals surface area (Å²) in [6, 6.07) is 7.54. The van der Waals surface area contributed by atoms with Crippen LogP contribution in [0.2, 0.25) is 0 Å². The third-order valence-electron chi connectivity index (χ3n) is 3.01. The number of nitrogens with zero attached hydrogens (tertiary/aromatic N) is 1. The Hall–Kier alpha value is -1.53. The lowest BCUT2D eigenvalue weighted by molar-refractivity contribution is -0.118. The van der Waals surface area contributed by atoms with Gasteiger partial charge in [-0.25, -0.2) is 4.98 Å². The van der Waals surface area contributed by atoms with Crippen molar-refractivity contribution in [3.63, 3.8) is 0 Å². The first-order valence-corrected chi connectivity index (χ1v) is 8.14. The average molecular weight is 308 g/mol. The van der Waals surface area contributed by atoms with Crippen LogP contribution < -0.4 is 5.32 Å². The van der Waals surface area contributed by atoms with Gasteiger partial charge in [-0.3, -0.25) is 4.79 Å². The molecule has 5 nitrogen and oxygen atoms in total. The van der Waals surface area contributed by atoms with Gasteiger partial charge in [0.1, 0.15) is 5.52 Å². The lowest BCUT2D eigenvalue weighted by Crippen LogP contribution is -2.26. The molecule has 0 fully saturated rings. The number of para-hydroxylation sites is 2. The number of fused-ring (bicyclic) bond motifs is 1. The Balaban J connectivity index is 1.64. The van der Waals surface area contributed by atoms with E-state index < -0.39 is 0 Å². The number of aliphatic hydroxyl groups is 1. The summed E-state index contributed by atoms with van der Waals surface area (Å²) in [4.78, 5) is 16.0. The number of oxazole rings is 1. The van der Waals surface area contributed by atoms with E-state index in [9.17, 15) is 4.79 Å². The zero-order valence-corrected chi connectivity index (χ0v) is 12.7. The van der Waals surface area contributed by atoms with E-state index in [4.69, 9.17) is 9.52 Å². The minimum absolute atomic E-state index is 0.00980. The van der Waals surface area contributed by atoms with Gasteiger partial charge in [0.15, 0.2) is 5.58 Å². The number of benzene rings is 1. The Bertz CT molecular complexity index is 538. The maximum absolute atomic E-state index is 11.7. The highest BCUT2D eigenvalue weighted by Gasteiger charge is 2.08. The molecule has 0 bridgehead atoms. The van der Waals surface area contributed by atoms with Crippen LogP contribution in [0.15, 0.2) is 33.9 Å². The Morgan fingerprint density at radius 2 is 2.05 bits per heavy atom. The van der Waals surface area contributed by atoms with E-state index in [1.807, 2.05) is 24.3 Å². The quantitative estimate of drug-likeness (QED) is 0.550. The lowest BCUT2D eigenvalue weighted by atomic mass is 10.2. The van der Waals surface area contributed by atoms with Crippen LogP contribution in [0.25, 0.3) is 11.1 Å². The van der Waals surface area contributed by atoms with Gasteiger partial charge in [-0.1, -0.05) is 36.7 Å². The van der Waals surface area contributed by atoms with Gasteiger partial charge in [0.2, 0.25) is 5.91 Å². The molecule has 2 aromatic rings. The minimum atomic E-state index is -0.00980. The molecule has 0 saturated carbocycles. The fraction of sp³-hybridized carbons (Fsp3) is 0.467. The second kappa shape index (κ2) is 8.69. The molecule has 1 aromatic carbocycles. The Kier molecular flexibility index (Phi) is 6.56. The number of aromatic nitrogens is 1. The molecule has 1 amide bonds. The molecule has 2 rings (SSSR count). The first kappa shape index (κ1) is 15.9. The van der Waals surface area contributed by atoms with Crippen molar-refractivity contribution in [2.45, 2.75) is 30.9 Å². The van der Waals surface area contributed by atoms with E-state index in [1.54, 1.807) is 0 Å². The van der Waals surface area contributed by atoms with Crippen LogP contribution in [0.3, 0.4) is 0 Å². The zero-order chi connectivity index (χ0) is 14.9. The van der Waals surface area contributed by atoms with Gasteiger partial charge in [0, 0.05) is 13.2 Å². The fourth-order valence-corrected chi connectivity index (χ4v) is 2.58. The van der Waals surface area contributed by atoms with Crippen molar-refractivity contribution in [3.05, 3.63) is 24.3 Å². The average Bonchev–Trinajstić information content (AvgIpc) is 2.91. The summed E-state index contributed by atoms with van der Waals surface area (Å²) in [6.45, 7) is 0.923. The highest BCUT2D eigenvalue weighted by molar-refractivity contribution is 7.99. The van der Waals surface area contributed by atoms with Crippen LogP contribution in [0.5, 0.6) is 0 Å². The molecule has 1 aromatic heterocycles. The molecule has 2 N–H and O–H groups in total. The van der Waals surface area contributed by atoms with E-state index in [1.165, 1.54) is 11.8 Å². The van der Waals surface area contributed by atoms with Crippen LogP contribution in [0.1, 0.15) is 25.7 Å². The Morgan fingerprint density at radius 3 is 2.86 bits per heavy atom. The molecule has 0 aliphatic carbocycles. The van der Waals surface area contributed by atoms with Crippen LogP contribution in [0.4, 0.5) is 0 Å². The topological polar surface area (TPSA) is 75.4 Å². The third kappa shape index (κ3) is 5.40. The predicted octanol–water partition coefficient (Wildman–Crippen LogP) is 2.59. The van der Waals surface area contributed by atoms with Crippen LogP contribution in [-0.2, 0) is 4.79 Å². The number of nitrogens with one attached hydrogen (secondary N) is 1. The number of hydrogen-bond donors (Lipinski definition) is 2. The number of carbonyl (C=O) groups excluding carboxylic acids is 1. The number of thioether (sulfide) groups is 1. The maximum Gasteiger partial charge on any atom is 0.257 e. The van der Waals surface area contributed by atoms with Crippen molar-refractivity contribution in [3.8, 4) is 0 Å². The summed E-state index contributed by atoms with van der Waals surface area (Å²) >= 11 is 1.30. The van der Waals surface area contributed by atoms with E-state index in [0.29, 0.717) is 17.5 Å². The Labute approximate surface area is 128 Å². The van der Waals surface area contributed by atoms with Gasteiger partial charge in [-0.15, -0.1) is 0 Å². The van der Waals surface area contributed by atoms with Crippen molar-refractivity contribution >= 4 is 28.8 Å². The van der Waals surface area contributed by atoms with E-state index in [0.717, 1.165) is 36.8 Å². The predicted molar refractivity (Wildman–Crippen MR) is 83.3 cm³/mol. The molecule has 0 unspecified atom stereocenters. The highest BCUT2D eigenvalue weighted by atomic mass is 32.2. The number of hydrogen-bond acceptors (Lipinski definition) is 5. The second-order valence-corrected chi connectivity index (χ2v) is 5.65. The summed E-state index contributed by atoms with van der Waals surface area (Å²) in [5.74, 6) is 0.299. The van der Waals surface area contributed by atoms with Crippen molar-refractivity contribution in [1.29, 1.82) is 0 Å². The number of rotatable bonds is 9. The van der Waals surface area contributed by atoms with Gasteiger partial charge < -0.3 is 14.8 Å². The molecule has 1 heterocycles. The van der Waals surface area contributed by atoms with Gasteiger partial charge in [0.05, 0.1) is 5.75 Å². The molecule has 0 spiro atoms. The van der Waals surface area contributed by atoms with Gasteiger partial charge in [-0.2, -0.15) is 0 Å². The summed E-state index contributed by atoms with van der Waals surface area (Å²) in [5.41, 5.74) is 1.55. The molecule has 21 heavy (non-hydrogen) atoms. The fourth-order valence-electron chi connectivity index (χ4n) is 1.91. The standard InChI is InChI=1S/C15H20N2O3S/c18-10-6-2-1-5-9-16-14(19)11-21-15-17-12-7-3-4-8-13(12)20-15/h3-4,7-8,18H,1-2,5-6,9-11H2,(H,16,19). The Morgan fingerprint density at radius 1 is 1.24 bits per heavy atom. The summed E-state index contributed by atoms with van der Waals surface area (Å²) < 4.78 is 5.54. The SMILES string of the molecule is O=C(CSc1nc2ccccc2o1)NCCCCCCO. The molecule has 0 atom stereocenters. The summed E-state index contributed by atoms with van der Waals surface area (Å²) in [5, 5.41) is 12.0. The molecular weight excluding hydrogens is 288 g/mol. The van der Waals surface area contributed by atoms with E-state index >= 15 is 0 Å². The second-order valence-electron chi connectivity index (χ2n) is 4.72. The summed E-state index contributed by atoms with van der Waals surface area (Å²) in [7, 11) is 0. The highest BCUT2D eigenvalue weighted by Crippen LogP contribution is 2.22. The van der Waals surface area contributed by atoms with Crippen LogP contribution >= 0.6 is 11.8 Å². The van der Waals surface area contributed by atoms with Crippen molar-refractivity contribution in [2.24, 2.45) is 0 Å². The number of carbonyl (C=O) groups is 1. The van der Waals surface area contributed by atoms with Crippen LogP contribution in [-0.4, -0.2) is 34.9 Å². The molecule has 0 aliphatic heterocycles. The molecule has 6 heteroatoms. The zero-order valence-electron chi connectivity index (χ0n) is 11.9. The molecule has 0 saturated heterocycles. The molecule has 114 valence electrons. The lowest BCUT2D eigenvalue weighted by Gasteiger charge is -2.03. The maximum atomic E-state index is 11.7. The first-order valence-electron chi connectivity index (χ1n) is 7.15. The third-order valence-corrected chi connectivity index (χ3v) is 3.84. The molecular formula is C15H20N2O3S. The van der Waals surface area contributed by atoms with E-state index in [-0.39, 0.29) is 12.5 Å². The largest absolute Gasteiger partial charge is 0.431 e. The number of aliphatic hydroxyl groups excluding tert-OH is 1. The molecule has 0 aliphatic rings. The van der Waals surface area contributed by atoms with Crippen LogP contribution in [0, 0.1) is 0 Å².